The van der Waals surface area contributed by atoms with E-state index in [-0.39, 0.29) is 23.0 Å². The molecular weight excluding hydrogens is 263 g/mol. The highest BCUT2D eigenvalue weighted by Gasteiger charge is 2.21. The number of halogens is 1. The van der Waals surface area contributed by atoms with E-state index in [1.807, 2.05) is 0 Å². The predicted octanol–water partition coefficient (Wildman–Crippen LogP) is 2.17. The Morgan fingerprint density at radius 3 is 2.65 bits per heavy atom. The van der Waals surface area contributed by atoms with Gasteiger partial charge in [-0.1, -0.05) is 11.6 Å². The Morgan fingerprint density at radius 1 is 1.25 bits per heavy atom. The molecule has 2 rings (SSSR count). The fourth-order valence-corrected chi connectivity index (χ4v) is 1.69. The second-order valence-corrected chi connectivity index (χ2v) is 4.08. The first kappa shape index (κ1) is 13.9. The van der Waals surface area contributed by atoms with Crippen molar-refractivity contribution in [2.24, 2.45) is 0 Å². The maximum atomic E-state index is 13.8. The Hall–Kier alpha value is -2.50. The fourth-order valence-electron chi connectivity index (χ4n) is 1.69. The van der Waals surface area contributed by atoms with Crippen molar-refractivity contribution >= 4 is 5.78 Å². The highest BCUT2D eigenvalue weighted by atomic mass is 19.1. The van der Waals surface area contributed by atoms with Crippen molar-refractivity contribution in [3.63, 3.8) is 0 Å². The monoisotopic (exact) mass is 276 g/mol. The summed E-state index contributed by atoms with van der Waals surface area (Å²) in [6.45, 7) is 1.77. The van der Waals surface area contributed by atoms with Crippen LogP contribution in [0.2, 0.25) is 0 Å². The van der Waals surface area contributed by atoms with Crippen molar-refractivity contribution in [3.8, 4) is 11.8 Å². The summed E-state index contributed by atoms with van der Waals surface area (Å²) in [5.41, 5.74) is 0.649. The molecule has 0 fully saturated rings. The number of hydrogen-bond donors (Lipinski definition) is 0. The van der Waals surface area contributed by atoms with Gasteiger partial charge >= 0.3 is 0 Å². The first-order chi connectivity index (χ1) is 9.56. The van der Waals surface area contributed by atoms with Gasteiger partial charge in [-0.15, -0.1) is 0 Å². The van der Waals surface area contributed by atoms with E-state index in [9.17, 15) is 9.18 Å². The van der Waals surface area contributed by atoms with E-state index < -0.39 is 11.6 Å². The van der Waals surface area contributed by atoms with Crippen LogP contribution in [0.25, 0.3) is 0 Å². The lowest BCUT2D eigenvalue weighted by atomic mass is 10.0. The van der Waals surface area contributed by atoms with Crippen molar-refractivity contribution in [3.05, 3.63) is 47.0 Å². The third-order valence-electron chi connectivity index (χ3n) is 2.70. The van der Waals surface area contributed by atoms with E-state index in [2.05, 4.69) is 9.97 Å². The number of ether oxygens (including phenoxy) is 2. The summed E-state index contributed by atoms with van der Waals surface area (Å²) in [4.78, 5) is 20.2. The number of aromatic nitrogens is 2. The number of benzene rings is 1. The van der Waals surface area contributed by atoms with Gasteiger partial charge in [0, 0.05) is 0 Å². The molecule has 2 aromatic rings. The molecule has 1 heterocycles. The van der Waals surface area contributed by atoms with Gasteiger partial charge in [0.1, 0.15) is 5.82 Å². The highest BCUT2D eigenvalue weighted by Crippen LogP contribution is 2.22. The molecule has 0 atom stereocenters. The van der Waals surface area contributed by atoms with Crippen molar-refractivity contribution < 1.29 is 18.7 Å². The molecule has 0 N–H and O–H groups in total. The van der Waals surface area contributed by atoms with Gasteiger partial charge in [0.2, 0.25) is 17.5 Å². The largest absolute Gasteiger partial charge is 0.480 e. The molecule has 0 amide bonds. The molecule has 1 aromatic carbocycles. The number of methoxy groups -OCH3 is 2. The number of aryl methyl sites for hydroxylation is 1. The number of hydrogen-bond acceptors (Lipinski definition) is 5. The molecular formula is C14H13FN2O3. The van der Waals surface area contributed by atoms with Crippen LogP contribution < -0.4 is 9.47 Å². The van der Waals surface area contributed by atoms with Crippen LogP contribution in [-0.2, 0) is 0 Å². The van der Waals surface area contributed by atoms with E-state index in [0.717, 1.165) is 5.56 Å². The minimum absolute atomic E-state index is 0.00439. The molecule has 104 valence electrons. The SMILES string of the molecule is COc1cnc(C(=O)c2cc(C)ccc2F)c(OC)n1. The summed E-state index contributed by atoms with van der Waals surface area (Å²) < 4.78 is 23.7. The quantitative estimate of drug-likeness (QED) is 0.801. The summed E-state index contributed by atoms with van der Waals surface area (Å²) in [5.74, 6) is -0.989. The van der Waals surface area contributed by atoms with E-state index in [1.54, 1.807) is 13.0 Å². The average Bonchev–Trinajstić information content (AvgIpc) is 2.48. The van der Waals surface area contributed by atoms with Crippen LogP contribution in [0.3, 0.4) is 0 Å². The molecule has 0 saturated carbocycles. The van der Waals surface area contributed by atoms with Gasteiger partial charge in [-0.25, -0.2) is 9.37 Å². The first-order valence-corrected chi connectivity index (χ1v) is 5.82. The third-order valence-corrected chi connectivity index (χ3v) is 2.70. The predicted molar refractivity (Wildman–Crippen MR) is 69.7 cm³/mol. The zero-order valence-electron chi connectivity index (χ0n) is 11.3. The van der Waals surface area contributed by atoms with Gasteiger partial charge < -0.3 is 9.47 Å². The average molecular weight is 276 g/mol. The van der Waals surface area contributed by atoms with Gasteiger partial charge in [-0.2, -0.15) is 4.98 Å². The van der Waals surface area contributed by atoms with Crippen molar-refractivity contribution in [1.29, 1.82) is 0 Å². The van der Waals surface area contributed by atoms with Gasteiger partial charge in [0.25, 0.3) is 0 Å². The Labute approximate surface area is 115 Å². The normalized spacial score (nSPS) is 10.2. The smallest absolute Gasteiger partial charge is 0.247 e. The van der Waals surface area contributed by atoms with Crippen molar-refractivity contribution in [2.45, 2.75) is 6.92 Å². The maximum absolute atomic E-state index is 13.8. The Bertz CT molecular complexity index is 659. The molecule has 0 spiro atoms. The lowest BCUT2D eigenvalue weighted by molar-refractivity contribution is 0.102. The second-order valence-electron chi connectivity index (χ2n) is 4.08. The summed E-state index contributed by atoms with van der Waals surface area (Å²) >= 11 is 0. The van der Waals surface area contributed by atoms with Gasteiger partial charge in [-0.3, -0.25) is 4.79 Å². The van der Waals surface area contributed by atoms with Gasteiger partial charge in [-0.05, 0) is 19.1 Å². The minimum Gasteiger partial charge on any atom is -0.480 e. The van der Waals surface area contributed by atoms with E-state index in [4.69, 9.17) is 9.47 Å². The molecule has 0 aliphatic carbocycles. The summed E-state index contributed by atoms with van der Waals surface area (Å²) in [7, 11) is 2.78. The van der Waals surface area contributed by atoms with Crippen LogP contribution in [-0.4, -0.2) is 30.0 Å². The molecule has 5 nitrogen and oxygen atoms in total. The van der Waals surface area contributed by atoms with E-state index in [1.165, 1.54) is 32.5 Å². The Balaban J connectivity index is 2.50. The number of nitrogens with zero attached hydrogens (tertiary/aromatic N) is 2. The summed E-state index contributed by atoms with van der Waals surface area (Å²) in [6.07, 6.45) is 1.28. The standard InChI is InChI=1S/C14H13FN2O3/c1-8-4-5-10(15)9(6-8)13(18)12-14(20-3)17-11(19-2)7-16-12/h4-7H,1-3H3. The second kappa shape index (κ2) is 5.64. The van der Waals surface area contributed by atoms with Crippen molar-refractivity contribution in [2.75, 3.05) is 14.2 Å². The van der Waals surface area contributed by atoms with E-state index in [0.29, 0.717) is 0 Å². The molecule has 6 heteroatoms. The van der Waals surface area contributed by atoms with Crippen molar-refractivity contribution in [1.82, 2.24) is 9.97 Å². The summed E-state index contributed by atoms with van der Waals surface area (Å²) in [6, 6.07) is 4.29. The number of rotatable bonds is 4. The lowest BCUT2D eigenvalue weighted by Gasteiger charge is -2.08. The van der Waals surface area contributed by atoms with E-state index >= 15 is 0 Å². The lowest BCUT2D eigenvalue weighted by Crippen LogP contribution is -2.10. The summed E-state index contributed by atoms with van der Waals surface area (Å²) in [5, 5.41) is 0. The molecule has 0 aliphatic heterocycles. The highest BCUT2D eigenvalue weighted by molar-refractivity contribution is 6.09. The Kier molecular flexibility index (Phi) is 3.93. The molecule has 0 radical (unpaired) electrons. The topological polar surface area (TPSA) is 61.3 Å². The molecule has 0 unspecified atom stereocenters. The zero-order chi connectivity index (χ0) is 14.7. The third kappa shape index (κ3) is 2.59. The van der Waals surface area contributed by atoms with Crippen LogP contribution in [0.4, 0.5) is 4.39 Å². The van der Waals surface area contributed by atoms with Crippen LogP contribution in [0, 0.1) is 12.7 Å². The molecule has 0 bridgehead atoms. The zero-order valence-corrected chi connectivity index (χ0v) is 11.3. The fraction of sp³-hybridized carbons (Fsp3) is 0.214. The molecule has 0 aliphatic rings. The Morgan fingerprint density at radius 2 is 2.00 bits per heavy atom. The molecule has 20 heavy (non-hydrogen) atoms. The minimum atomic E-state index is -0.611. The number of ketones is 1. The number of carbonyl (C=O) groups excluding carboxylic acids is 1. The first-order valence-electron chi connectivity index (χ1n) is 5.82. The van der Waals surface area contributed by atoms with Gasteiger partial charge in [0.05, 0.1) is 26.0 Å². The maximum Gasteiger partial charge on any atom is 0.247 e. The molecule has 1 aromatic heterocycles. The van der Waals surface area contributed by atoms with Crippen LogP contribution in [0.15, 0.2) is 24.4 Å². The molecule has 0 saturated heterocycles. The van der Waals surface area contributed by atoms with Crippen LogP contribution in [0.5, 0.6) is 11.8 Å². The number of carbonyl (C=O) groups is 1. The van der Waals surface area contributed by atoms with Crippen LogP contribution in [0.1, 0.15) is 21.6 Å². The van der Waals surface area contributed by atoms with Crippen LogP contribution >= 0.6 is 0 Å². The van der Waals surface area contributed by atoms with Gasteiger partial charge in [0.15, 0.2) is 5.69 Å².